The van der Waals surface area contributed by atoms with Gasteiger partial charge in [0, 0.05) is 10.8 Å². The number of aromatic nitrogens is 1. The standard InChI is InChI=1S/C15H28N2S/c1-8-16-15(7,9-11(2)3)13-17-12(10-18-13)14(4,5)6/h10-11,16H,8-9H2,1-7H3. The van der Waals surface area contributed by atoms with Gasteiger partial charge in [-0.2, -0.15) is 0 Å². The topological polar surface area (TPSA) is 24.9 Å². The van der Waals surface area contributed by atoms with Crippen LogP contribution in [0.15, 0.2) is 5.38 Å². The van der Waals surface area contributed by atoms with Crippen LogP contribution >= 0.6 is 11.3 Å². The number of hydrogen-bond donors (Lipinski definition) is 1. The van der Waals surface area contributed by atoms with Gasteiger partial charge >= 0.3 is 0 Å². The number of thiazole rings is 1. The molecule has 1 aromatic heterocycles. The summed E-state index contributed by atoms with van der Waals surface area (Å²) in [6.07, 6.45) is 1.12. The van der Waals surface area contributed by atoms with E-state index in [4.69, 9.17) is 4.98 Å². The normalized spacial score (nSPS) is 16.0. The maximum atomic E-state index is 4.88. The molecule has 1 atom stereocenters. The Hall–Kier alpha value is -0.410. The molecular weight excluding hydrogens is 240 g/mol. The summed E-state index contributed by atoms with van der Waals surface area (Å²) in [5.41, 5.74) is 1.35. The molecule has 18 heavy (non-hydrogen) atoms. The molecule has 2 nitrogen and oxygen atoms in total. The average molecular weight is 268 g/mol. The molecule has 1 aromatic rings. The number of hydrogen-bond acceptors (Lipinski definition) is 3. The molecule has 0 saturated carbocycles. The highest BCUT2D eigenvalue weighted by Gasteiger charge is 2.31. The van der Waals surface area contributed by atoms with Crippen molar-refractivity contribution in [2.24, 2.45) is 5.92 Å². The van der Waals surface area contributed by atoms with Crippen LogP contribution in [0, 0.1) is 5.92 Å². The third kappa shape index (κ3) is 3.79. The predicted octanol–water partition coefficient (Wildman–Crippen LogP) is 4.31. The summed E-state index contributed by atoms with van der Waals surface area (Å²) >= 11 is 1.79. The van der Waals surface area contributed by atoms with Gasteiger partial charge in [-0.1, -0.05) is 41.5 Å². The molecule has 0 aliphatic carbocycles. The Morgan fingerprint density at radius 1 is 1.28 bits per heavy atom. The lowest BCUT2D eigenvalue weighted by Crippen LogP contribution is -2.40. The minimum absolute atomic E-state index is 0.0110. The van der Waals surface area contributed by atoms with Gasteiger partial charge in [0.05, 0.1) is 11.2 Å². The lowest BCUT2D eigenvalue weighted by atomic mass is 9.90. The molecular formula is C15H28N2S. The monoisotopic (exact) mass is 268 g/mol. The van der Waals surface area contributed by atoms with Crippen molar-refractivity contribution < 1.29 is 0 Å². The molecule has 0 aliphatic heterocycles. The summed E-state index contributed by atoms with van der Waals surface area (Å²) in [6.45, 7) is 16.6. The van der Waals surface area contributed by atoms with Gasteiger partial charge in [-0.15, -0.1) is 11.3 Å². The molecule has 104 valence electrons. The van der Waals surface area contributed by atoms with Crippen molar-refractivity contribution in [2.45, 2.75) is 65.8 Å². The van der Waals surface area contributed by atoms with E-state index in [0.717, 1.165) is 13.0 Å². The molecule has 1 heterocycles. The molecule has 1 unspecified atom stereocenters. The fourth-order valence-corrected chi connectivity index (χ4v) is 3.51. The van der Waals surface area contributed by atoms with E-state index in [1.54, 1.807) is 11.3 Å². The molecule has 0 amide bonds. The predicted molar refractivity (Wildman–Crippen MR) is 81.3 cm³/mol. The Bertz CT molecular complexity index is 376. The van der Waals surface area contributed by atoms with Gasteiger partial charge in [0.25, 0.3) is 0 Å². The molecule has 0 bridgehead atoms. The molecule has 1 N–H and O–H groups in total. The molecule has 3 heteroatoms. The van der Waals surface area contributed by atoms with Gasteiger partial charge in [-0.05, 0) is 25.8 Å². The quantitative estimate of drug-likeness (QED) is 0.860. The van der Waals surface area contributed by atoms with Gasteiger partial charge in [0.2, 0.25) is 0 Å². The van der Waals surface area contributed by atoms with E-state index in [1.807, 2.05) is 0 Å². The summed E-state index contributed by atoms with van der Waals surface area (Å²) in [6, 6.07) is 0. The summed E-state index contributed by atoms with van der Waals surface area (Å²) in [7, 11) is 0. The van der Waals surface area contributed by atoms with Crippen molar-refractivity contribution in [1.29, 1.82) is 0 Å². The second-order valence-corrected chi connectivity index (χ2v) is 7.61. The first kappa shape index (κ1) is 15.6. The van der Waals surface area contributed by atoms with Crippen molar-refractivity contribution in [3.63, 3.8) is 0 Å². The number of nitrogens with one attached hydrogen (secondary N) is 1. The van der Waals surface area contributed by atoms with E-state index in [1.165, 1.54) is 10.7 Å². The Morgan fingerprint density at radius 3 is 2.28 bits per heavy atom. The maximum Gasteiger partial charge on any atom is 0.113 e. The first-order valence-corrected chi connectivity index (χ1v) is 7.78. The highest BCUT2D eigenvalue weighted by atomic mass is 32.1. The van der Waals surface area contributed by atoms with Crippen LogP contribution in [0.5, 0.6) is 0 Å². The van der Waals surface area contributed by atoms with Gasteiger partial charge in [0.1, 0.15) is 5.01 Å². The second kappa shape index (κ2) is 5.70. The molecule has 0 aromatic carbocycles. The molecule has 0 saturated heterocycles. The largest absolute Gasteiger partial charge is 0.306 e. The van der Waals surface area contributed by atoms with Gasteiger partial charge in [-0.3, -0.25) is 0 Å². The SMILES string of the molecule is CCNC(C)(CC(C)C)c1nc(C(C)(C)C)cs1. The lowest BCUT2D eigenvalue weighted by Gasteiger charge is -2.30. The fraction of sp³-hybridized carbons (Fsp3) is 0.800. The van der Waals surface area contributed by atoms with Crippen molar-refractivity contribution in [2.75, 3.05) is 6.54 Å². The van der Waals surface area contributed by atoms with Crippen LogP contribution in [0.2, 0.25) is 0 Å². The van der Waals surface area contributed by atoms with Gasteiger partial charge < -0.3 is 5.32 Å². The zero-order valence-corrected chi connectivity index (χ0v) is 13.7. The third-order valence-electron chi connectivity index (χ3n) is 3.13. The minimum atomic E-state index is 0.0110. The van der Waals surface area contributed by atoms with E-state index in [9.17, 15) is 0 Å². The minimum Gasteiger partial charge on any atom is -0.306 e. The highest BCUT2D eigenvalue weighted by molar-refractivity contribution is 7.09. The molecule has 0 fully saturated rings. The Kier molecular flexibility index (Phi) is 4.96. The molecule has 0 aliphatic rings. The number of nitrogens with zero attached hydrogens (tertiary/aromatic N) is 1. The van der Waals surface area contributed by atoms with E-state index < -0.39 is 0 Å². The maximum absolute atomic E-state index is 4.88. The Morgan fingerprint density at radius 2 is 1.89 bits per heavy atom. The van der Waals surface area contributed by atoms with Crippen molar-refractivity contribution in [3.8, 4) is 0 Å². The first-order chi connectivity index (χ1) is 8.19. The molecule has 1 rings (SSSR count). The van der Waals surface area contributed by atoms with Crippen LogP contribution in [0.3, 0.4) is 0 Å². The Labute approximate surface area is 116 Å². The zero-order valence-electron chi connectivity index (χ0n) is 12.9. The van der Waals surface area contributed by atoms with E-state index in [2.05, 4.69) is 59.2 Å². The van der Waals surface area contributed by atoms with Crippen molar-refractivity contribution in [1.82, 2.24) is 10.3 Å². The molecule has 0 radical (unpaired) electrons. The smallest absolute Gasteiger partial charge is 0.113 e. The summed E-state index contributed by atoms with van der Waals surface area (Å²) < 4.78 is 0. The van der Waals surface area contributed by atoms with Crippen LogP contribution in [0.25, 0.3) is 0 Å². The van der Waals surface area contributed by atoms with Crippen LogP contribution in [-0.2, 0) is 11.0 Å². The van der Waals surface area contributed by atoms with Crippen LogP contribution in [-0.4, -0.2) is 11.5 Å². The van der Waals surface area contributed by atoms with E-state index in [-0.39, 0.29) is 11.0 Å². The third-order valence-corrected chi connectivity index (χ3v) is 4.23. The number of rotatable bonds is 5. The van der Waals surface area contributed by atoms with Crippen LogP contribution in [0.1, 0.15) is 65.6 Å². The van der Waals surface area contributed by atoms with Crippen LogP contribution in [0.4, 0.5) is 0 Å². The summed E-state index contributed by atoms with van der Waals surface area (Å²) in [4.78, 5) is 4.88. The zero-order chi connectivity index (χ0) is 14.0. The summed E-state index contributed by atoms with van der Waals surface area (Å²) in [5.74, 6) is 0.663. The highest BCUT2D eigenvalue weighted by Crippen LogP contribution is 2.33. The van der Waals surface area contributed by atoms with Crippen molar-refractivity contribution >= 4 is 11.3 Å². The Balaban J connectivity index is 3.03. The van der Waals surface area contributed by atoms with E-state index >= 15 is 0 Å². The van der Waals surface area contributed by atoms with E-state index in [0.29, 0.717) is 5.92 Å². The fourth-order valence-electron chi connectivity index (χ4n) is 2.31. The average Bonchev–Trinajstić information content (AvgIpc) is 2.64. The first-order valence-electron chi connectivity index (χ1n) is 6.90. The second-order valence-electron chi connectivity index (χ2n) is 6.75. The van der Waals surface area contributed by atoms with Gasteiger partial charge in [0.15, 0.2) is 0 Å². The van der Waals surface area contributed by atoms with Crippen molar-refractivity contribution in [3.05, 3.63) is 16.1 Å². The van der Waals surface area contributed by atoms with Gasteiger partial charge in [-0.25, -0.2) is 4.98 Å². The molecule has 0 spiro atoms. The van der Waals surface area contributed by atoms with Crippen LogP contribution < -0.4 is 5.32 Å². The lowest BCUT2D eigenvalue weighted by molar-refractivity contribution is 0.301. The summed E-state index contributed by atoms with van der Waals surface area (Å²) in [5, 5.41) is 7.06.